The third kappa shape index (κ3) is 12.6. The van der Waals surface area contributed by atoms with E-state index in [1.165, 1.54) is 44.5 Å². The highest BCUT2D eigenvalue weighted by Gasteiger charge is 2.32. The summed E-state index contributed by atoms with van der Waals surface area (Å²) in [6.45, 7) is 28.1. The van der Waals surface area contributed by atoms with Gasteiger partial charge in [-0.1, -0.05) is 308 Å². The summed E-state index contributed by atoms with van der Waals surface area (Å²) in [5.74, 6) is 0. The van der Waals surface area contributed by atoms with Crippen LogP contribution in [-0.4, -0.2) is 0 Å². The van der Waals surface area contributed by atoms with Crippen LogP contribution >= 0.6 is 0 Å². The maximum Gasteiger partial charge on any atom is 0.0618 e. The first kappa shape index (κ1) is 60.5. The summed E-state index contributed by atoms with van der Waals surface area (Å²) in [4.78, 5) is 5.21. The molecule has 0 fully saturated rings. The van der Waals surface area contributed by atoms with Gasteiger partial charge in [0, 0.05) is 45.0 Å². The zero-order valence-electron chi connectivity index (χ0n) is 54.6. The smallest absolute Gasteiger partial charge is 0.0618 e. The fraction of sp³-hybridized carbons (Fsp3) is 0.182. The summed E-state index contributed by atoms with van der Waals surface area (Å²) in [6.07, 6.45) is 0. The zero-order chi connectivity index (χ0) is 63.0. The zero-order valence-corrected chi connectivity index (χ0v) is 54.6. The van der Waals surface area contributed by atoms with Gasteiger partial charge >= 0.3 is 0 Å². The van der Waals surface area contributed by atoms with Crippen LogP contribution in [0.1, 0.15) is 105 Å². The Kier molecular flexibility index (Phi) is 16.6. The molecule has 12 rings (SSSR count). The predicted octanol–water partition coefficient (Wildman–Crippen LogP) is 25.5. The van der Waals surface area contributed by atoms with Gasteiger partial charge in [0.25, 0.3) is 0 Å². The van der Waals surface area contributed by atoms with E-state index >= 15 is 0 Å². The lowest BCUT2D eigenvalue weighted by molar-refractivity contribution is 0.590. The van der Waals surface area contributed by atoms with Crippen LogP contribution in [0, 0.1) is 0 Å². The molecule has 446 valence electrons. The molecule has 0 heterocycles. The van der Waals surface area contributed by atoms with Crippen molar-refractivity contribution in [3.05, 3.63) is 313 Å². The third-order valence-corrected chi connectivity index (χ3v) is 17.6. The van der Waals surface area contributed by atoms with Crippen molar-refractivity contribution < 1.29 is 0 Å². The van der Waals surface area contributed by atoms with Crippen molar-refractivity contribution in [3.63, 3.8) is 0 Å². The summed E-state index contributed by atoms with van der Waals surface area (Å²) in [7, 11) is 0. The molecule has 0 amide bonds. The minimum Gasteiger partial charge on any atom is -0.309 e. The molecule has 0 N–H and O–H groups in total. The Labute approximate surface area is 536 Å². The normalized spacial score (nSPS) is 12.0. The topological polar surface area (TPSA) is 6.48 Å². The molecule has 2 heteroatoms. The number of rotatable bonds is 13. The third-order valence-electron chi connectivity index (χ3n) is 17.6. The van der Waals surface area contributed by atoms with Gasteiger partial charge in [-0.3, -0.25) is 0 Å². The van der Waals surface area contributed by atoms with E-state index in [1.54, 1.807) is 0 Å². The molecule has 0 radical (unpaired) electrons. The van der Waals surface area contributed by atoms with Crippen LogP contribution in [0.15, 0.2) is 291 Å². The maximum absolute atomic E-state index is 2.60. The Bertz CT molecular complexity index is 4060. The van der Waals surface area contributed by atoms with Crippen LogP contribution in [0.25, 0.3) is 77.9 Å². The minimum atomic E-state index is -0.237. The number of nitrogens with zero attached hydrogens (tertiary/aromatic N) is 2. The van der Waals surface area contributed by atoms with E-state index in [0.29, 0.717) is 0 Å². The molecule has 0 saturated heterocycles. The minimum absolute atomic E-state index is 0.175. The summed E-state index contributed by atoms with van der Waals surface area (Å²) in [6, 6.07) is 109. The van der Waals surface area contributed by atoms with Gasteiger partial charge in [-0.25, -0.2) is 0 Å². The average molecular weight is 1170 g/mol. The first-order chi connectivity index (χ1) is 43.2. The molecule has 12 aromatic rings. The fourth-order valence-corrected chi connectivity index (χ4v) is 12.8. The van der Waals surface area contributed by atoms with Crippen molar-refractivity contribution in [2.75, 3.05) is 9.80 Å². The van der Waals surface area contributed by atoms with Gasteiger partial charge in [0.2, 0.25) is 0 Å². The van der Waals surface area contributed by atoms with E-state index in [0.717, 1.165) is 89.8 Å². The van der Waals surface area contributed by atoms with Crippen molar-refractivity contribution in [2.45, 2.75) is 105 Å². The highest BCUT2D eigenvalue weighted by molar-refractivity contribution is 6.03. The van der Waals surface area contributed by atoms with Gasteiger partial charge in [0.05, 0.1) is 11.4 Å². The summed E-state index contributed by atoms with van der Waals surface area (Å²) >= 11 is 0. The molecule has 90 heavy (non-hydrogen) atoms. The van der Waals surface area contributed by atoms with Gasteiger partial charge in [0.1, 0.15) is 0 Å². The van der Waals surface area contributed by atoms with Crippen LogP contribution in [0.4, 0.5) is 34.1 Å². The Morgan fingerprint density at radius 3 is 0.678 bits per heavy atom. The molecule has 0 unspecified atom stereocenters. The van der Waals surface area contributed by atoms with E-state index < -0.39 is 0 Å². The lowest BCUT2D eigenvalue weighted by Crippen LogP contribution is -2.20. The predicted molar refractivity (Wildman–Crippen MR) is 389 cm³/mol. The van der Waals surface area contributed by atoms with Gasteiger partial charge in [-0.05, 0) is 166 Å². The van der Waals surface area contributed by atoms with E-state index in [1.807, 2.05) is 0 Å². The quantitative estimate of drug-likeness (QED) is 0.114. The molecule has 12 aromatic carbocycles. The van der Waals surface area contributed by atoms with E-state index in [2.05, 4.69) is 384 Å². The SMILES string of the molecule is CC(C)(C)c1cc(-c2ccccc2)c(N(c2cc(-c3ccccc3)cc(N(c3ccc(-c4ccccc4)c(C(C)(C)C)c3)c3c(-c4ccccc4)cc(C(C)(C)C)cc3-c3ccccc3)c2)c2ccc(-c3ccccc3)c(C(C)(C)C)c2)c(-c2ccccc2)c1. The first-order valence-corrected chi connectivity index (χ1v) is 32.0. The van der Waals surface area contributed by atoms with Crippen LogP contribution in [-0.2, 0) is 21.7 Å². The van der Waals surface area contributed by atoms with Crippen LogP contribution < -0.4 is 9.80 Å². The molecule has 0 aliphatic rings. The van der Waals surface area contributed by atoms with Gasteiger partial charge in [0.15, 0.2) is 0 Å². The standard InChI is InChI=1S/C88H84N2/c1-85(2,3)69-54-77(64-40-26-16-27-41-64)83(78(55-69)65-42-28-17-29-43-65)89(71-48-50-75(62-36-22-14-23-37-62)81(59-71)87(7,8)9)73-52-68(61-34-20-13-21-35-61)53-74(58-73)90(72-49-51-76(63-38-24-15-25-39-63)82(60-72)88(10,11)12)84-79(66-44-30-18-31-45-66)56-70(86(4,5)6)57-80(84)67-46-32-19-33-47-67/h13-60H,1-12H3. The van der Waals surface area contributed by atoms with Crippen molar-refractivity contribution >= 4 is 34.1 Å². The van der Waals surface area contributed by atoms with Gasteiger partial charge in [-0.15, -0.1) is 0 Å². The van der Waals surface area contributed by atoms with E-state index in [9.17, 15) is 0 Å². The molecule has 0 aromatic heterocycles. The van der Waals surface area contributed by atoms with E-state index in [-0.39, 0.29) is 21.7 Å². The van der Waals surface area contributed by atoms with Crippen LogP contribution in [0.2, 0.25) is 0 Å². The molecule has 2 nitrogen and oxygen atoms in total. The second kappa shape index (κ2) is 24.7. The monoisotopic (exact) mass is 1170 g/mol. The maximum atomic E-state index is 2.60. The van der Waals surface area contributed by atoms with Crippen molar-refractivity contribution in [3.8, 4) is 77.9 Å². The van der Waals surface area contributed by atoms with Gasteiger partial charge in [-0.2, -0.15) is 0 Å². The highest BCUT2D eigenvalue weighted by Crippen LogP contribution is 2.55. The second-order valence-corrected chi connectivity index (χ2v) is 28.3. The van der Waals surface area contributed by atoms with Crippen molar-refractivity contribution in [2.24, 2.45) is 0 Å². The summed E-state index contributed by atoms with van der Waals surface area (Å²) in [5, 5.41) is 0. The molecular formula is C88H84N2. The number of hydrogen-bond acceptors (Lipinski definition) is 2. The Balaban J connectivity index is 1.29. The van der Waals surface area contributed by atoms with Crippen molar-refractivity contribution in [1.82, 2.24) is 0 Å². The Morgan fingerprint density at radius 1 is 0.189 bits per heavy atom. The lowest BCUT2D eigenvalue weighted by Gasteiger charge is -2.36. The average Bonchev–Trinajstić information content (AvgIpc) is 0.755. The van der Waals surface area contributed by atoms with Crippen molar-refractivity contribution in [1.29, 1.82) is 0 Å². The Hall–Kier alpha value is -9.76. The number of benzene rings is 12. The molecule has 0 atom stereocenters. The molecule has 0 bridgehead atoms. The summed E-state index contributed by atoms with van der Waals surface area (Å²) < 4.78 is 0. The molecule has 0 spiro atoms. The molecule has 0 saturated carbocycles. The molecular weight excluding hydrogens is 1080 g/mol. The first-order valence-electron chi connectivity index (χ1n) is 32.0. The molecule has 0 aliphatic heterocycles. The number of hydrogen-bond donors (Lipinski definition) is 0. The van der Waals surface area contributed by atoms with Crippen LogP contribution in [0.3, 0.4) is 0 Å². The fourth-order valence-electron chi connectivity index (χ4n) is 12.8. The molecule has 0 aliphatic carbocycles. The Morgan fingerprint density at radius 2 is 0.433 bits per heavy atom. The largest absolute Gasteiger partial charge is 0.309 e. The number of anilines is 6. The van der Waals surface area contributed by atoms with Gasteiger partial charge < -0.3 is 9.80 Å². The summed E-state index contributed by atoms with van der Waals surface area (Å²) in [5.41, 5.74) is 26.8. The second-order valence-electron chi connectivity index (χ2n) is 28.3. The highest BCUT2D eigenvalue weighted by atomic mass is 15.2. The lowest BCUT2D eigenvalue weighted by atomic mass is 9.80. The van der Waals surface area contributed by atoms with Crippen LogP contribution in [0.5, 0.6) is 0 Å². The van der Waals surface area contributed by atoms with E-state index in [4.69, 9.17) is 0 Å².